The Labute approximate surface area is 111 Å². The van der Waals surface area contributed by atoms with Crippen LogP contribution in [-0.4, -0.2) is 16.4 Å². The molecule has 0 heterocycles. The maximum Gasteiger partial charge on any atom is 0.269 e. The first kappa shape index (κ1) is 14.4. The van der Waals surface area contributed by atoms with Crippen LogP contribution in [0.1, 0.15) is 20.8 Å². The number of non-ortho nitro benzene ring substituents is 1. The molecule has 0 aliphatic rings. The Balaban J connectivity index is 2.89. The molecule has 19 heavy (non-hydrogen) atoms. The van der Waals surface area contributed by atoms with Gasteiger partial charge in [-0.05, 0) is 32.9 Å². The zero-order valence-corrected chi connectivity index (χ0v) is 11.0. The van der Waals surface area contributed by atoms with Gasteiger partial charge in [-0.25, -0.2) is 4.99 Å². The van der Waals surface area contributed by atoms with Crippen LogP contribution >= 0.6 is 0 Å². The minimum absolute atomic E-state index is 0.00750. The molecular weight excluding hydrogens is 246 g/mol. The number of nitro groups is 1. The van der Waals surface area contributed by atoms with Crippen molar-refractivity contribution in [3.05, 3.63) is 34.4 Å². The highest BCUT2D eigenvalue weighted by molar-refractivity contribution is 5.94. The van der Waals surface area contributed by atoms with E-state index in [2.05, 4.69) is 15.6 Å². The number of aliphatic imine (C=N–C) groups is 1. The lowest BCUT2D eigenvalue weighted by atomic mass is 10.1. The van der Waals surface area contributed by atoms with Crippen molar-refractivity contribution in [3.8, 4) is 6.19 Å². The van der Waals surface area contributed by atoms with Crippen molar-refractivity contribution in [3.63, 3.8) is 0 Å². The molecule has 0 aliphatic carbocycles. The lowest BCUT2D eigenvalue weighted by Crippen LogP contribution is -2.30. The van der Waals surface area contributed by atoms with Crippen LogP contribution in [0.5, 0.6) is 0 Å². The third kappa shape index (κ3) is 5.04. The van der Waals surface area contributed by atoms with E-state index in [9.17, 15) is 10.1 Å². The summed E-state index contributed by atoms with van der Waals surface area (Å²) >= 11 is 0. The molecule has 7 nitrogen and oxygen atoms in total. The number of nitro benzene ring substituents is 1. The standard InChI is InChI=1S/C12H15N5O2/c1-12(2,3)16-11(14-8-13)15-9-4-6-10(7-5-9)17(18)19/h4-7H,1-3H3,(H2,14,15,16). The molecule has 0 bridgehead atoms. The topological polar surface area (TPSA) is 103 Å². The van der Waals surface area contributed by atoms with Gasteiger partial charge in [-0.3, -0.25) is 15.4 Å². The monoisotopic (exact) mass is 261 g/mol. The molecule has 0 saturated carbocycles. The fraction of sp³-hybridized carbons (Fsp3) is 0.333. The third-order valence-electron chi connectivity index (χ3n) is 1.96. The van der Waals surface area contributed by atoms with Gasteiger partial charge in [-0.15, -0.1) is 0 Å². The average molecular weight is 261 g/mol. The van der Waals surface area contributed by atoms with E-state index in [0.717, 1.165) is 0 Å². The SMILES string of the molecule is CC(C)(C)N=C(NC#N)Nc1ccc([N+](=O)[O-])cc1. The van der Waals surface area contributed by atoms with Crippen molar-refractivity contribution in [1.82, 2.24) is 5.32 Å². The summed E-state index contributed by atoms with van der Waals surface area (Å²) < 4.78 is 0. The van der Waals surface area contributed by atoms with Gasteiger partial charge in [0.25, 0.3) is 5.69 Å². The van der Waals surface area contributed by atoms with Gasteiger partial charge in [-0.1, -0.05) is 0 Å². The molecule has 0 spiro atoms. The van der Waals surface area contributed by atoms with Crippen LogP contribution in [-0.2, 0) is 0 Å². The van der Waals surface area contributed by atoms with Crippen LogP contribution in [0, 0.1) is 21.6 Å². The number of rotatable bonds is 2. The normalized spacial score (nSPS) is 11.6. The van der Waals surface area contributed by atoms with Crippen LogP contribution in [0.15, 0.2) is 29.3 Å². The Bertz CT molecular complexity index is 523. The summed E-state index contributed by atoms with van der Waals surface area (Å²) in [4.78, 5) is 14.3. The first-order chi connectivity index (χ1) is 8.81. The highest BCUT2D eigenvalue weighted by atomic mass is 16.6. The molecule has 0 fully saturated rings. The number of guanidine groups is 1. The summed E-state index contributed by atoms with van der Waals surface area (Å²) in [5, 5.41) is 24.5. The van der Waals surface area contributed by atoms with Crippen LogP contribution in [0.25, 0.3) is 0 Å². The highest BCUT2D eigenvalue weighted by Gasteiger charge is 2.11. The Morgan fingerprint density at radius 2 is 1.95 bits per heavy atom. The van der Waals surface area contributed by atoms with Crippen molar-refractivity contribution >= 4 is 17.3 Å². The summed E-state index contributed by atoms with van der Waals surface area (Å²) in [6.45, 7) is 5.68. The molecule has 1 rings (SSSR count). The van der Waals surface area contributed by atoms with Gasteiger partial charge in [0.2, 0.25) is 5.96 Å². The molecule has 2 N–H and O–H groups in total. The quantitative estimate of drug-likeness (QED) is 0.212. The second-order valence-electron chi connectivity index (χ2n) is 4.80. The summed E-state index contributed by atoms with van der Waals surface area (Å²) in [5.74, 6) is 0.295. The van der Waals surface area contributed by atoms with Gasteiger partial charge < -0.3 is 5.32 Å². The van der Waals surface area contributed by atoms with Crippen molar-refractivity contribution in [1.29, 1.82) is 5.26 Å². The summed E-state index contributed by atoms with van der Waals surface area (Å²) in [7, 11) is 0. The number of benzene rings is 1. The van der Waals surface area contributed by atoms with Crippen LogP contribution in [0.4, 0.5) is 11.4 Å². The highest BCUT2D eigenvalue weighted by Crippen LogP contribution is 2.15. The molecule has 0 amide bonds. The van der Waals surface area contributed by atoms with Gasteiger partial charge in [0.05, 0.1) is 10.5 Å². The first-order valence-corrected chi connectivity index (χ1v) is 5.58. The zero-order valence-electron chi connectivity index (χ0n) is 11.0. The third-order valence-corrected chi connectivity index (χ3v) is 1.96. The van der Waals surface area contributed by atoms with Gasteiger partial charge in [0, 0.05) is 17.8 Å². The molecule has 0 radical (unpaired) electrons. The molecule has 0 saturated heterocycles. The average Bonchev–Trinajstić information content (AvgIpc) is 2.27. The van der Waals surface area contributed by atoms with Crippen molar-refractivity contribution < 1.29 is 4.92 Å². The van der Waals surface area contributed by atoms with Crippen LogP contribution < -0.4 is 10.6 Å². The van der Waals surface area contributed by atoms with E-state index in [0.29, 0.717) is 11.6 Å². The van der Waals surface area contributed by atoms with E-state index in [-0.39, 0.29) is 11.2 Å². The summed E-state index contributed by atoms with van der Waals surface area (Å²) in [6.07, 6.45) is 1.79. The van der Waals surface area contributed by atoms with Gasteiger partial charge in [0.1, 0.15) is 0 Å². The Morgan fingerprint density at radius 3 is 2.37 bits per heavy atom. The van der Waals surface area contributed by atoms with Crippen molar-refractivity contribution in [2.24, 2.45) is 4.99 Å². The van der Waals surface area contributed by atoms with Crippen LogP contribution in [0.2, 0.25) is 0 Å². The number of nitriles is 1. The van der Waals surface area contributed by atoms with Crippen molar-refractivity contribution in [2.75, 3.05) is 5.32 Å². The number of nitrogens with zero attached hydrogens (tertiary/aromatic N) is 3. The maximum atomic E-state index is 10.5. The first-order valence-electron chi connectivity index (χ1n) is 5.58. The molecule has 0 unspecified atom stereocenters. The van der Waals surface area contributed by atoms with Crippen LogP contribution in [0.3, 0.4) is 0 Å². The summed E-state index contributed by atoms with van der Waals surface area (Å²) in [5.41, 5.74) is 0.261. The number of hydrogen-bond acceptors (Lipinski definition) is 4. The molecule has 0 aliphatic heterocycles. The van der Waals surface area contributed by atoms with E-state index in [1.165, 1.54) is 12.1 Å². The fourth-order valence-corrected chi connectivity index (χ4v) is 1.28. The maximum absolute atomic E-state index is 10.5. The summed E-state index contributed by atoms with van der Waals surface area (Å²) in [6, 6.07) is 5.86. The number of anilines is 1. The van der Waals surface area contributed by atoms with Gasteiger partial charge in [-0.2, -0.15) is 5.26 Å². The lowest BCUT2D eigenvalue weighted by Gasteiger charge is -2.15. The molecule has 0 aromatic heterocycles. The predicted octanol–water partition coefficient (Wildman–Crippen LogP) is 2.23. The molecule has 7 heteroatoms. The predicted molar refractivity (Wildman–Crippen MR) is 72.7 cm³/mol. The minimum atomic E-state index is -0.471. The Hall–Kier alpha value is -2.62. The smallest absolute Gasteiger partial charge is 0.269 e. The molecule has 1 aromatic rings. The van der Waals surface area contributed by atoms with E-state index >= 15 is 0 Å². The zero-order chi connectivity index (χ0) is 14.5. The fourth-order valence-electron chi connectivity index (χ4n) is 1.28. The molecular formula is C12H15N5O2. The number of hydrogen-bond donors (Lipinski definition) is 2. The number of nitrogens with one attached hydrogen (secondary N) is 2. The van der Waals surface area contributed by atoms with E-state index in [4.69, 9.17) is 5.26 Å². The second kappa shape index (κ2) is 5.82. The molecule has 100 valence electrons. The van der Waals surface area contributed by atoms with E-state index < -0.39 is 4.92 Å². The van der Waals surface area contributed by atoms with Crippen molar-refractivity contribution in [2.45, 2.75) is 26.3 Å². The Kier molecular flexibility index (Phi) is 4.42. The molecule has 0 atom stereocenters. The van der Waals surface area contributed by atoms with E-state index in [1.807, 2.05) is 20.8 Å². The molecule has 1 aromatic carbocycles. The van der Waals surface area contributed by atoms with E-state index in [1.54, 1.807) is 18.3 Å². The second-order valence-corrected chi connectivity index (χ2v) is 4.80. The largest absolute Gasteiger partial charge is 0.326 e. The Morgan fingerprint density at radius 1 is 1.37 bits per heavy atom. The minimum Gasteiger partial charge on any atom is -0.326 e. The lowest BCUT2D eigenvalue weighted by molar-refractivity contribution is -0.384. The van der Waals surface area contributed by atoms with Gasteiger partial charge >= 0.3 is 0 Å². The van der Waals surface area contributed by atoms with Gasteiger partial charge in [0.15, 0.2) is 6.19 Å².